The van der Waals surface area contributed by atoms with Crippen LogP contribution in [-0.4, -0.2) is 19.3 Å². The number of anilines is 1. The molecule has 1 aromatic carbocycles. The Bertz CT molecular complexity index is 411. The fourth-order valence-corrected chi connectivity index (χ4v) is 2.51. The molecule has 1 aromatic rings. The van der Waals surface area contributed by atoms with Crippen molar-refractivity contribution in [2.24, 2.45) is 5.92 Å². The van der Waals surface area contributed by atoms with Crippen molar-refractivity contribution >= 4 is 5.69 Å². The second kappa shape index (κ2) is 5.72. The van der Waals surface area contributed by atoms with Crippen molar-refractivity contribution in [1.29, 1.82) is 0 Å². The lowest BCUT2D eigenvalue weighted by atomic mass is 9.85. The average molecular weight is 273 g/mol. The number of rotatable bonds is 3. The molecule has 2 rings (SSSR count). The Morgan fingerprint density at radius 2 is 1.84 bits per heavy atom. The van der Waals surface area contributed by atoms with Crippen LogP contribution >= 0.6 is 0 Å². The van der Waals surface area contributed by atoms with Crippen molar-refractivity contribution in [3.8, 4) is 5.75 Å². The van der Waals surface area contributed by atoms with Crippen LogP contribution in [0.1, 0.15) is 25.7 Å². The molecule has 0 spiro atoms. The topological polar surface area (TPSA) is 21.3 Å². The van der Waals surface area contributed by atoms with Gasteiger partial charge in [0.15, 0.2) is 0 Å². The summed E-state index contributed by atoms with van der Waals surface area (Å²) in [4.78, 5) is 0. The molecule has 0 heterocycles. The van der Waals surface area contributed by atoms with Crippen molar-refractivity contribution in [3.05, 3.63) is 24.3 Å². The van der Waals surface area contributed by atoms with Crippen LogP contribution in [0.4, 0.5) is 18.9 Å². The van der Waals surface area contributed by atoms with E-state index in [4.69, 9.17) is 4.74 Å². The molecule has 0 atom stereocenters. The van der Waals surface area contributed by atoms with E-state index in [0.29, 0.717) is 12.8 Å². The van der Waals surface area contributed by atoms with E-state index < -0.39 is 12.1 Å². The highest BCUT2D eigenvalue weighted by atomic mass is 19.4. The molecule has 0 aliphatic heterocycles. The van der Waals surface area contributed by atoms with Crippen LogP contribution in [0.5, 0.6) is 5.75 Å². The third-order valence-electron chi connectivity index (χ3n) is 3.63. The number of methoxy groups -OCH3 is 1. The maximum atomic E-state index is 12.6. The molecule has 106 valence electrons. The fourth-order valence-electron chi connectivity index (χ4n) is 2.51. The maximum absolute atomic E-state index is 12.6. The Morgan fingerprint density at radius 3 is 2.42 bits per heavy atom. The summed E-state index contributed by atoms with van der Waals surface area (Å²) in [5, 5.41) is 3.28. The highest BCUT2D eigenvalue weighted by molar-refractivity contribution is 5.48. The first-order valence-electron chi connectivity index (χ1n) is 6.46. The zero-order valence-corrected chi connectivity index (χ0v) is 10.8. The van der Waals surface area contributed by atoms with Crippen molar-refractivity contribution in [1.82, 2.24) is 0 Å². The van der Waals surface area contributed by atoms with E-state index in [1.54, 1.807) is 7.11 Å². The van der Waals surface area contributed by atoms with Crippen LogP contribution in [0.15, 0.2) is 24.3 Å². The molecule has 0 radical (unpaired) electrons. The zero-order valence-electron chi connectivity index (χ0n) is 10.8. The first-order chi connectivity index (χ1) is 8.99. The highest BCUT2D eigenvalue weighted by Gasteiger charge is 2.41. The lowest BCUT2D eigenvalue weighted by molar-refractivity contribution is -0.182. The summed E-state index contributed by atoms with van der Waals surface area (Å²) in [6.07, 6.45) is -2.50. The van der Waals surface area contributed by atoms with Gasteiger partial charge in [0.05, 0.1) is 13.0 Å². The number of benzene rings is 1. The standard InChI is InChI=1S/C14H18F3NO/c1-19-13-4-2-3-12(9-13)18-11-7-5-10(6-8-11)14(15,16)17/h2-4,9-11,18H,5-8H2,1H3. The fraction of sp³-hybridized carbons (Fsp3) is 0.571. The van der Waals surface area contributed by atoms with E-state index in [1.165, 1.54) is 0 Å². The van der Waals surface area contributed by atoms with E-state index in [1.807, 2.05) is 24.3 Å². The molecule has 0 bridgehead atoms. The number of ether oxygens (including phenoxy) is 1. The molecule has 0 saturated heterocycles. The number of hydrogen-bond donors (Lipinski definition) is 1. The second-order valence-corrected chi connectivity index (χ2v) is 4.97. The van der Waals surface area contributed by atoms with Crippen molar-refractivity contribution in [2.75, 3.05) is 12.4 Å². The highest BCUT2D eigenvalue weighted by Crippen LogP contribution is 2.38. The molecular weight excluding hydrogens is 255 g/mol. The summed E-state index contributed by atoms with van der Waals surface area (Å²) < 4.78 is 42.8. The molecule has 1 aliphatic rings. The summed E-state index contributed by atoms with van der Waals surface area (Å²) >= 11 is 0. The molecule has 19 heavy (non-hydrogen) atoms. The number of halogens is 3. The van der Waals surface area contributed by atoms with E-state index in [9.17, 15) is 13.2 Å². The monoisotopic (exact) mass is 273 g/mol. The molecule has 2 nitrogen and oxygen atoms in total. The lowest BCUT2D eigenvalue weighted by Crippen LogP contribution is -2.32. The SMILES string of the molecule is COc1cccc(NC2CCC(C(F)(F)F)CC2)c1. The summed E-state index contributed by atoms with van der Waals surface area (Å²) in [5.74, 6) is -0.384. The molecule has 1 fully saturated rings. The van der Waals surface area contributed by atoms with Gasteiger partial charge < -0.3 is 10.1 Å². The Hall–Kier alpha value is -1.39. The average Bonchev–Trinajstić information content (AvgIpc) is 2.38. The van der Waals surface area contributed by atoms with Gasteiger partial charge in [0.25, 0.3) is 0 Å². The predicted molar refractivity (Wildman–Crippen MR) is 68.4 cm³/mol. The van der Waals surface area contributed by atoms with E-state index >= 15 is 0 Å². The van der Waals surface area contributed by atoms with E-state index in [-0.39, 0.29) is 18.9 Å². The van der Waals surface area contributed by atoms with Gasteiger partial charge in [-0.2, -0.15) is 13.2 Å². The number of hydrogen-bond acceptors (Lipinski definition) is 2. The van der Waals surface area contributed by atoms with Gasteiger partial charge in [0.1, 0.15) is 5.75 Å². The van der Waals surface area contributed by atoms with Gasteiger partial charge in [0, 0.05) is 17.8 Å². The molecule has 1 N–H and O–H groups in total. The van der Waals surface area contributed by atoms with Crippen LogP contribution in [0.3, 0.4) is 0 Å². The van der Waals surface area contributed by atoms with Gasteiger partial charge in [-0.05, 0) is 37.8 Å². The normalized spacial score (nSPS) is 24.0. The van der Waals surface area contributed by atoms with Crippen molar-refractivity contribution in [3.63, 3.8) is 0 Å². The van der Waals surface area contributed by atoms with Crippen LogP contribution in [0.25, 0.3) is 0 Å². The Kier molecular flexibility index (Phi) is 4.22. The molecule has 0 amide bonds. The minimum atomic E-state index is -4.04. The Labute approximate surface area is 111 Å². The number of nitrogens with one attached hydrogen (secondary N) is 1. The van der Waals surface area contributed by atoms with E-state index in [2.05, 4.69) is 5.32 Å². The summed E-state index contributed by atoms with van der Waals surface area (Å²) in [5.41, 5.74) is 0.898. The van der Waals surface area contributed by atoms with Crippen LogP contribution in [0, 0.1) is 5.92 Å². The molecule has 0 unspecified atom stereocenters. The predicted octanol–water partition coefficient (Wildman–Crippen LogP) is 4.23. The van der Waals surface area contributed by atoms with Gasteiger partial charge >= 0.3 is 6.18 Å². The molecule has 1 saturated carbocycles. The smallest absolute Gasteiger partial charge is 0.391 e. The third-order valence-corrected chi connectivity index (χ3v) is 3.63. The third kappa shape index (κ3) is 3.78. The lowest BCUT2D eigenvalue weighted by Gasteiger charge is -2.30. The van der Waals surface area contributed by atoms with Gasteiger partial charge in [-0.25, -0.2) is 0 Å². The zero-order chi connectivity index (χ0) is 13.9. The van der Waals surface area contributed by atoms with Gasteiger partial charge in [-0.1, -0.05) is 6.07 Å². The second-order valence-electron chi connectivity index (χ2n) is 4.97. The maximum Gasteiger partial charge on any atom is 0.391 e. The molecule has 0 aromatic heterocycles. The largest absolute Gasteiger partial charge is 0.497 e. The molecule has 1 aliphatic carbocycles. The van der Waals surface area contributed by atoms with Gasteiger partial charge in [-0.3, -0.25) is 0 Å². The minimum absolute atomic E-state index is 0.116. The first-order valence-corrected chi connectivity index (χ1v) is 6.46. The molecule has 5 heteroatoms. The summed E-state index contributed by atoms with van der Waals surface area (Å²) in [6.45, 7) is 0. The van der Waals surface area contributed by atoms with Gasteiger partial charge in [0.2, 0.25) is 0 Å². The summed E-state index contributed by atoms with van der Waals surface area (Å²) in [7, 11) is 1.59. The van der Waals surface area contributed by atoms with E-state index in [0.717, 1.165) is 11.4 Å². The Morgan fingerprint density at radius 1 is 1.16 bits per heavy atom. The van der Waals surface area contributed by atoms with Crippen molar-refractivity contribution < 1.29 is 17.9 Å². The molecular formula is C14H18F3NO. The van der Waals surface area contributed by atoms with Crippen LogP contribution in [-0.2, 0) is 0 Å². The Balaban J connectivity index is 1.88. The number of alkyl halides is 3. The van der Waals surface area contributed by atoms with Crippen LogP contribution < -0.4 is 10.1 Å². The van der Waals surface area contributed by atoms with Crippen molar-refractivity contribution in [2.45, 2.75) is 37.9 Å². The quantitative estimate of drug-likeness (QED) is 0.890. The minimum Gasteiger partial charge on any atom is -0.497 e. The van der Waals surface area contributed by atoms with Crippen LogP contribution in [0.2, 0.25) is 0 Å². The summed E-state index contributed by atoms with van der Waals surface area (Å²) in [6, 6.07) is 7.58. The van der Waals surface area contributed by atoms with Gasteiger partial charge in [-0.15, -0.1) is 0 Å². The first kappa shape index (κ1) is 14.0.